The van der Waals surface area contributed by atoms with Crippen molar-refractivity contribution in [2.24, 2.45) is 11.5 Å². The van der Waals surface area contributed by atoms with Gasteiger partial charge in [-0.25, -0.2) is 0 Å². The highest BCUT2D eigenvalue weighted by molar-refractivity contribution is 7.59. The third kappa shape index (κ3) is 25.0. The Kier molecular flexibility index (Phi) is 15.1. The summed E-state index contributed by atoms with van der Waals surface area (Å²) in [7, 11) is 0. The van der Waals surface area contributed by atoms with Crippen LogP contribution in [0.5, 0.6) is 0 Å². The van der Waals surface area contributed by atoms with Gasteiger partial charge in [-0.3, -0.25) is 10.2 Å². The van der Waals surface area contributed by atoms with Gasteiger partial charge in [0.1, 0.15) is 0 Å². The van der Waals surface area contributed by atoms with E-state index in [9.17, 15) is 0 Å². The average Bonchev–Trinajstić information content (AvgIpc) is 2.08. The second-order valence-corrected chi connectivity index (χ2v) is 3.06. The number of aryl methyl sites for hydroxylation is 2. The van der Waals surface area contributed by atoms with Gasteiger partial charge in [0.05, 0.1) is 0 Å². The minimum atomic E-state index is -0.833. The third-order valence-corrected chi connectivity index (χ3v) is 1.43. The van der Waals surface area contributed by atoms with Crippen molar-refractivity contribution in [2.75, 3.05) is 0 Å². The molecule has 0 atom stereocenters. The Labute approximate surface area is 109 Å². The first-order valence-corrected chi connectivity index (χ1v) is 4.58. The van der Waals surface area contributed by atoms with Crippen LogP contribution in [0.4, 0.5) is 0 Å². The minimum absolute atomic E-state index is 0. The molecule has 1 aromatic carbocycles. The molecular formula is C11H21N3O2S. The van der Waals surface area contributed by atoms with E-state index >= 15 is 0 Å². The van der Waals surface area contributed by atoms with Crippen molar-refractivity contribution in [3.63, 3.8) is 0 Å². The molecule has 0 saturated carbocycles. The molecule has 0 heterocycles. The van der Waals surface area contributed by atoms with E-state index in [2.05, 4.69) is 49.6 Å². The molecule has 0 amide bonds. The summed E-state index contributed by atoms with van der Waals surface area (Å²) >= 11 is 0. The maximum Gasteiger partial charge on any atom is 0.300 e. The molecule has 0 saturated heterocycles. The number of hydrogen-bond donors (Lipinski definition) is 4. The molecule has 6 N–H and O–H groups in total. The summed E-state index contributed by atoms with van der Waals surface area (Å²) < 4.78 is 0. The van der Waals surface area contributed by atoms with E-state index in [-0.39, 0.29) is 19.5 Å². The van der Waals surface area contributed by atoms with Gasteiger partial charge < -0.3 is 16.6 Å². The largest absolute Gasteiger partial charge is 0.481 e. The van der Waals surface area contributed by atoms with Gasteiger partial charge in [0.2, 0.25) is 0 Å². The Bertz CT molecular complexity index is 302. The van der Waals surface area contributed by atoms with Crippen LogP contribution in [0.3, 0.4) is 0 Å². The van der Waals surface area contributed by atoms with Gasteiger partial charge in [0, 0.05) is 6.92 Å². The molecule has 98 valence electrons. The van der Waals surface area contributed by atoms with Crippen molar-refractivity contribution in [2.45, 2.75) is 20.8 Å². The molecule has 0 aliphatic heterocycles. The number of guanidine groups is 1. The number of carboxylic acids is 1. The smallest absolute Gasteiger partial charge is 0.300 e. The van der Waals surface area contributed by atoms with Gasteiger partial charge in [-0.15, -0.1) is 0 Å². The number of carboxylic acid groups (broad SMARTS) is 1. The molecule has 6 heteroatoms. The monoisotopic (exact) mass is 259 g/mol. The predicted molar refractivity (Wildman–Crippen MR) is 75.7 cm³/mol. The maximum absolute atomic E-state index is 9.00. The Hall–Kier alpha value is -1.69. The topological polar surface area (TPSA) is 113 Å². The fraction of sp³-hybridized carbons (Fsp3) is 0.273. The van der Waals surface area contributed by atoms with E-state index in [1.807, 2.05) is 0 Å². The van der Waals surface area contributed by atoms with Crippen LogP contribution in [0.25, 0.3) is 0 Å². The summed E-state index contributed by atoms with van der Waals surface area (Å²) in [5.41, 5.74) is 11.7. The molecule has 17 heavy (non-hydrogen) atoms. The fourth-order valence-corrected chi connectivity index (χ4v) is 0.663. The van der Waals surface area contributed by atoms with Crippen LogP contribution >= 0.6 is 13.5 Å². The SMILES string of the molecule is CC(=O)O.Cc1ccccc1C.N=C(N)N.S. The van der Waals surface area contributed by atoms with Gasteiger partial charge in [-0.05, 0) is 25.0 Å². The molecule has 0 spiro atoms. The first-order chi connectivity index (χ1) is 7.27. The summed E-state index contributed by atoms with van der Waals surface area (Å²) in [5, 5.41) is 13.5. The maximum atomic E-state index is 9.00. The summed E-state index contributed by atoms with van der Waals surface area (Å²) in [6.07, 6.45) is 0. The Morgan fingerprint density at radius 3 is 1.47 bits per heavy atom. The molecule has 0 fully saturated rings. The predicted octanol–water partition coefficient (Wildman–Crippen LogP) is 1.35. The molecule has 0 unspecified atom stereocenters. The zero-order chi connectivity index (χ0) is 13.1. The number of nitrogens with two attached hydrogens (primary N) is 2. The van der Waals surface area contributed by atoms with Crippen LogP contribution in [0.1, 0.15) is 18.1 Å². The van der Waals surface area contributed by atoms with Crippen molar-refractivity contribution >= 4 is 25.4 Å². The number of aliphatic carboxylic acids is 1. The summed E-state index contributed by atoms with van der Waals surface area (Å²) in [6.45, 7) is 5.32. The van der Waals surface area contributed by atoms with E-state index in [0.717, 1.165) is 6.92 Å². The van der Waals surface area contributed by atoms with Crippen molar-refractivity contribution < 1.29 is 9.90 Å². The summed E-state index contributed by atoms with van der Waals surface area (Å²) in [5.74, 6) is -1.17. The van der Waals surface area contributed by atoms with Gasteiger partial charge >= 0.3 is 0 Å². The van der Waals surface area contributed by atoms with Crippen molar-refractivity contribution in [3.8, 4) is 0 Å². The van der Waals surface area contributed by atoms with Crippen LogP contribution < -0.4 is 11.5 Å². The standard InChI is InChI=1S/C8H10.C2H4O2.CH5N3.H2S/c1-7-5-3-4-6-8(7)2;1-2(3)4;2-1(3)4;/h3-6H,1-2H3;1H3,(H,3,4);(H5,2,3,4);1H2. The van der Waals surface area contributed by atoms with Gasteiger partial charge in [-0.1, -0.05) is 24.3 Å². The molecule has 5 nitrogen and oxygen atoms in total. The first-order valence-electron chi connectivity index (χ1n) is 4.58. The van der Waals surface area contributed by atoms with Crippen LogP contribution in [0, 0.1) is 19.3 Å². The highest BCUT2D eigenvalue weighted by Gasteiger charge is 1.83. The van der Waals surface area contributed by atoms with Crippen molar-refractivity contribution in [3.05, 3.63) is 35.4 Å². The molecular weight excluding hydrogens is 238 g/mol. The quantitative estimate of drug-likeness (QED) is 0.416. The van der Waals surface area contributed by atoms with E-state index in [1.54, 1.807) is 0 Å². The van der Waals surface area contributed by atoms with Crippen molar-refractivity contribution in [1.82, 2.24) is 0 Å². The zero-order valence-electron chi connectivity index (χ0n) is 10.3. The van der Waals surface area contributed by atoms with Gasteiger partial charge in [0.25, 0.3) is 5.97 Å². The highest BCUT2D eigenvalue weighted by Crippen LogP contribution is 2.02. The molecule has 0 aliphatic carbocycles. The number of benzene rings is 1. The minimum Gasteiger partial charge on any atom is -0.481 e. The van der Waals surface area contributed by atoms with E-state index in [0.29, 0.717) is 0 Å². The number of carbonyl (C=O) groups is 1. The third-order valence-electron chi connectivity index (χ3n) is 1.43. The van der Waals surface area contributed by atoms with Gasteiger partial charge in [0.15, 0.2) is 5.96 Å². The molecule has 0 bridgehead atoms. The zero-order valence-corrected chi connectivity index (χ0v) is 11.3. The Morgan fingerprint density at radius 2 is 1.35 bits per heavy atom. The molecule has 0 aromatic heterocycles. The second-order valence-electron chi connectivity index (χ2n) is 3.06. The summed E-state index contributed by atoms with van der Waals surface area (Å²) in [4.78, 5) is 9.00. The molecule has 0 aliphatic rings. The lowest BCUT2D eigenvalue weighted by Gasteiger charge is -1.93. The molecule has 1 aromatic rings. The fourth-order valence-electron chi connectivity index (χ4n) is 0.663. The normalized spacial score (nSPS) is 7.24. The van der Waals surface area contributed by atoms with E-state index in [4.69, 9.17) is 15.3 Å². The van der Waals surface area contributed by atoms with E-state index < -0.39 is 5.97 Å². The Balaban J connectivity index is -0.000000189. The number of rotatable bonds is 0. The highest BCUT2D eigenvalue weighted by atomic mass is 32.1. The molecule has 1 rings (SSSR count). The van der Waals surface area contributed by atoms with E-state index in [1.165, 1.54) is 11.1 Å². The van der Waals surface area contributed by atoms with Crippen LogP contribution in [0.15, 0.2) is 24.3 Å². The lowest BCUT2D eigenvalue weighted by atomic mass is 10.1. The lowest BCUT2D eigenvalue weighted by molar-refractivity contribution is -0.134. The first kappa shape index (κ1) is 20.7. The van der Waals surface area contributed by atoms with Gasteiger partial charge in [-0.2, -0.15) is 13.5 Å². The number of hydrogen-bond acceptors (Lipinski definition) is 2. The average molecular weight is 259 g/mol. The van der Waals surface area contributed by atoms with Crippen LogP contribution in [-0.2, 0) is 4.79 Å². The molecule has 0 radical (unpaired) electrons. The lowest BCUT2D eigenvalue weighted by Crippen LogP contribution is -2.20. The second kappa shape index (κ2) is 12.4. The number of nitrogens with one attached hydrogen (secondary N) is 1. The van der Waals surface area contributed by atoms with Crippen molar-refractivity contribution in [1.29, 1.82) is 5.41 Å². The summed E-state index contributed by atoms with van der Waals surface area (Å²) in [6, 6.07) is 8.36. The Morgan fingerprint density at radius 1 is 1.18 bits per heavy atom. The van der Waals surface area contributed by atoms with Crippen LogP contribution in [0.2, 0.25) is 0 Å². The van der Waals surface area contributed by atoms with Crippen LogP contribution in [-0.4, -0.2) is 17.0 Å².